The third-order valence-electron chi connectivity index (χ3n) is 5.43. The van der Waals surface area contributed by atoms with E-state index in [1.165, 1.54) is 37.8 Å². The number of aromatic nitrogens is 2. The maximum atomic E-state index is 9.34. The lowest BCUT2D eigenvalue weighted by molar-refractivity contribution is 0.200. The molecule has 0 bridgehead atoms. The van der Waals surface area contributed by atoms with Gasteiger partial charge in [-0.1, -0.05) is 31.4 Å². The van der Waals surface area contributed by atoms with Crippen molar-refractivity contribution in [1.29, 1.82) is 0 Å². The minimum Gasteiger partial charge on any atom is -0.396 e. The average Bonchev–Trinajstić information content (AvgIpc) is 3.05. The SMILES string of the molecule is Cc1cncc2cccc(On3cc(CCO)cc3C3CCCCC3)c12. The van der Waals surface area contributed by atoms with Crippen LogP contribution in [0, 0.1) is 6.92 Å². The second kappa shape index (κ2) is 7.50. The van der Waals surface area contributed by atoms with Crippen molar-refractivity contribution in [2.75, 3.05) is 6.61 Å². The minimum absolute atomic E-state index is 0.160. The summed E-state index contributed by atoms with van der Waals surface area (Å²) >= 11 is 0. The van der Waals surface area contributed by atoms with Crippen LogP contribution in [0.4, 0.5) is 0 Å². The smallest absolute Gasteiger partial charge is 0.164 e. The lowest BCUT2D eigenvalue weighted by Crippen LogP contribution is -2.14. The first-order valence-corrected chi connectivity index (χ1v) is 9.60. The molecule has 1 aliphatic carbocycles. The summed E-state index contributed by atoms with van der Waals surface area (Å²) in [6, 6.07) is 8.31. The molecule has 4 nitrogen and oxygen atoms in total. The summed E-state index contributed by atoms with van der Waals surface area (Å²) < 4.78 is 1.94. The van der Waals surface area contributed by atoms with Crippen LogP contribution in [0.5, 0.6) is 5.75 Å². The molecular weight excluding hydrogens is 324 g/mol. The predicted molar refractivity (Wildman–Crippen MR) is 104 cm³/mol. The highest BCUT2D eigenvalue weighted by Gasteiger charge is 2.21. The molecule has 0 spiro atoms. The lowest BCUT2D eigenvalue weighted by Gasteiger charge is -2.23. The molecule has 0 saturated heterocycles. The molecule has 4 rings (SSSR count). The average molecular weight is 350 g/mol. The van der Waals surface area contributed by atoms with Crippen LogP contribution in [0.1, 0.15) is 54.8 Å². The van der Waals surface area contributed by atoms with Crippen LogP contribution in [-0.4, -0.2) is 21.4 Å². The Morgan fingerprint density at radius 3 is 2.85 bits per heavy atom. The Balaban J connectivity index is 1.74. The zero-order valence-electron chi connectivity index (χ0n) is 15.3. The van der Waals surface area contributed by atoms with Crippen molar-refractivity contribution in [2.45, 2.75) is 51.4 Å². The maximum Gasteiger partial charge on any atom is 0.164 e. The van der Waals surface area contributed by atoms with Crippen molar-refractivity contribution in [1.82, 2.24) is 9.71 Å². The van der Waals surface area contributed by atoms with Gasteiger partial charge in [0.1, 0.15) is 0 Å². The van der Waals surface area contributed by atoms with Gasteiger partial charge in [-0.05, 0) is 49.4 Å². The van der Waals surface area contributed by atoms with E-state index < -0.39 is 0 Å². The number of hydrogen-bond donors (Lipinski definition) is 1. The van der Waals surface area contributed by atoms with E-state index in [4.69, 9.17) is 4.84 Å². The molecule has 26 heavy (non-hydrogen) atoms. The highest BCUT2D eigenvalue weighted by molar-refractivity contribution is 5.90. The number of benzene rings is 1. The van der Waals surface area contributed by atoms with E-state index in [2.05, 4.69) is 24.0 Å². The van der Waals surface area contributed by atoms with E-state index in [0.29, 0.717) is 12.3 Å². The topological polar surface area (TPSA) is 47.3 Å². The molecular formula is C22H26N2O2. The van der Waals surface area contributed by atoms with Crippen molar-refractivity contribution in [3.63, 3.8) is 0 Å². The molecule has 1 fully saturated rings. The Labute approximate surface area is 154 Å². The van der Waals surface area contributed by atoms with Crippen LogP contribution >= 0.6 is 0 Å². The zero-order chi connectivity index (χ0) is 17.9. The summed E-state index contributed by atoms with van der Waals surface area (Å²) in [6.45, 7) is 2.23. The first kappa shape index (κ1) is 17.1. The molecule has 1 N–H and O–H groups in total. The summed E-state index contributed by atoms with van der Waals surface area (Å²) in [5.41, 5.74) is 3.48. The van der Waals surface area contributed by atoms with Crippen molar-refractivity contribution >= 4 is 10.8 Å². The number of aryl methyl sites for hydroxylation is 1. The highest BCUT2D eigenvalue weighted by atomic mass is 16.7. The Kier molecular flexibility index (Phi) is 4.93. The van der Waals surface area contributed by atoms with Crippen molar-refractivity contribution in [3.8, 4) is 5.75 Å². The van der Waals surface area contributed by atoms with Gasteiger partial charge in [-0.2, -0.15) is 4.73 Å². The fourth-order valence-electron chi connectivity index (χ4n) is 4.11. The van der Waals surface area contributed by atoms with Gasteiger partial charge in [0.15, 0.2) is 5.75 Å². The number of nitrogens with zero attached hydrogens (tertiary/aromatic N) is 2. The predicted octanol–water partition coefficient (Wildman–Crippen LogP) is 4.77. The molecule has 3 aromatic rings. The third-order valence-corrected chi connectivity index (χ3v) is 5.43. The van der Waals surface area contributed by atoms with Gasteiger partial charge in [0, 0.05) is 41.9 Å². The first-order valence-electron chi connectivity index (χ1n) is 9.60. The maximum absolute atomic E-state index is 9.34. The first-order chi connectivity index (χ1) is 12.8. The minimum atomic E-state index is 0.160. The summed E-state index contributed by atoms with van der Waals surface area (Å²) in [5.74, 6) is 1.39. The monoisotopic (exact) mass is 350 g/mol. The fraction of sp³-hybridized carbons (Fsp3) is 0.409. The van der Waals surface area contributed by atoms with Gasteiger partial charge in [0.2, 0.25) is 0 Å². The van der Waals surface area contributed by atoms with E-state index in [0.717, 1.165) is 27.6 Å². The van der Waals surface area contributed by atoms with E-state index in [1.807, 2.05) is 35.5 Å². The van der Waals surface area contributed by atoms with Crippen molar-refractivity contribution < 1.29 is 9.94 Å². The highest BCUT2D eigenvalue weighted by Crippen LogP contribution is 2.35. The number of fused-ring (bicyclic) bond motifs is 1. The largest absolute Gasteiger partial charge is 0.396 e. The van der Waals surface area contributed by atoms with Gasteiger partial charge >= 0.3 is 0 Å². The number of rotatable bonds is 5. The molecule has 0 atom stereocenters. The molecule has 0 radical (unpaired) electrons. The van der Waals surface area contributed by atoms with Crippen molar-refractivity contribution in [2.24, 2.45) is 0 Å². The summed E-state index contributed by atoms with van der Waals surface area (Å²) in [4.78, 5) is 10.7. The van der Waals surface area contributed by atoms with E-state index >= 15 is 0 Å². The Morgan fingerprint density at radius 1 is 1.19 bits per heavy atom. The van der Waals surface area contributed by atoms with E-state index in [1.54, 1.807) is 0 Å². The van der Waals surface area contributed by atoms with Crippen LogP contribution in [0.3, 0.4) is 0 Å². The molecule has 2 heterocycles. The summed E-state index contributed by atoms with van der Waals surface area (Å²) in [7, 11) is 0. The molecule has 1 saturated carbocycles. The van der Waals surface area contributed by atoms with Crippen LogP contribution < -0.4 is 4.84 Å². The van der Waals surface area contributed by atoms with E-state index in [9.17, 15) is 5.11 Å². The summed E-state index contributed by atoms with van der Waals surface area (Å²) in [6.07, 6.45) is 12.8. The van der Waals surface area contributed by atoms with Gasteiger partial charge in [0.25, 0.3) is 0 Å². The van der Waals surface area contributed by atoms with Gasteiger partial charge in [0.05, 0.1) is 5.69 Å². The van der Waals surface area contributed by atoms with Crippen LogP contribution in [0.2, 0.25) is 0 Å². The summed E-state index contributed by atoms with van der Waals surface area (Å²) in [5, 5.41) is 11.5. The molecule has 4 heteroatoms. The fourth-order valence-corrected chi connectivity index (χ4v) is 4.11. The second-order valence-electron chi connectivity index (χ2n) is 7.31. The molecule has 0 amide bonds. The zero-order valence-corrected chi connectivity index (χ0v) is 15.3. The molecule has 0 aliphatic heterocycles. The number of hydrogen-bond acceptors (Lipinski definition) is 3. The quantitative estimate of drug-likeness (QED) is 0.721. The molecule has 1 aliphatic rings. The molecule has 1 aromatic carbocycles. The van der Waals surface area contributed by atoms with Crippen LogP contribution in [0.25, 0.3) is 10.8 Å². The van der Waals surface area contributed by atoms with Gasteiger partial charge in [-0.15, -0.1) is 0 Å². The molecule has 136 valence electrons. The van der Waals surface area contributed by atoms with Crippen LogP contribution in [0.15, 0.2) is 42.9 Å². The van der Waals surface area contributed by atoms with Crippen molar-refractivity contribution in [3.05, 3.63) is 59.7 Å². The standard InChI is InChI=1S/C22H26N2O2/c1-16-13-23-14-19-8-5-9-21(22(16)19)26-24-15-17(10-11-25)12-20(24)18-6-3-2-4-7-18/h5,8-9,12-15,18,25H,2-4,6-7,10-11H2,1H3. The van der Waals surface area contributed by atoms with Crippen LogP contribution in [-0.2, 0) is 6.42 Å². The molecule has 0 unspecified atom stereocenters. The van der Waals surface area contributed by atoms with Gasteiger partial charge in [-0.25, -0.2) is 0 Å². The Bertz CT molecular complexity index is 889. The second-order valence-corrected chi connectivity index (χ2v) is 7.31. The number of pyridine rings is 1. The Hall–Kier alpha value is -2.33. The number of aliphatic hydroxyl groups is 1. The normalized spacial score (nSPS) is 15.5. The lowest BCUT2D eigenvalue weighted by atomic mass is 9.87. The molecule has 2 aromatic heterocycles. The Morgan fingerprint density at radius 2 is 2.04 bits per heavy atom. The van der Waals surface area contributed by atoms with Gasteiger partial charge in [-0.3, -0.25) is 4.98 Å². The van der Waals surface area contributed by atoms with E-state index in [-0.39, 0.29) is 6.61 Å². The van der Waals surface area contributed by atoms with Gasteiger partial charge < -0.3 is 9.94 Å². The number of aliphatic hydroxyl groups excluding tert-OH is 1. The third kappa shape index (κ3) is 3.34.